The van der Waals surface area contributed by atoms with Gasteiger partial charge >= 0.3 is 0 Å². The number of aromatic nitrogens is 3. The van der Waals surface area contributed by atoms with Crippen molar-refractivity contribution >= 4 is 21.6 Å². The van der Waals surface area contributed by atoms with Gasteiger partial charge in [-0.05, 0) is 36.0 Å². The zero-order valence-corrected chi connectivity index (χ0v) is 13.0. The maximum absolute atomic E-state index is 5.34. The molecule has 1 saturated heterocycles. The van der Waals surface area contributed by atoms with Gasteiger partial charge in [0.25, 0.3) is 0 Å². The first kappa shape index (κ1) is 13.5. The quantitative estimate of drug-likeness (QED) is 0.835. The van der Waals surface area contributed by atoms with Crippen LogP contribution in [-0.2, 0) is 0 Å². The zero-order chi connectivity index (χ0) is 14.1. The van der Waals surface area contributed by atoms with Gasteiger partial charge in [0.2, 0.25) is 5.89 Å². The number of nitrogens with zero attached hydrogens (tertiary/aromatic N) is 5. The van der Waals surface area contributed by atoms with E-state index in [1.807, 2.05) is 25.4 Å². The van der Waals surface area contributed by atoms with Crippen LogP contribution >= 0.6 is 15.9 Å². The molecule has 1 atom stereocenters. The van der Waals surface area contributed by atoms with Crippen LogP contribution in [0, 0.1) is 6.92 Å². The molecule has 0 spiro atoms. The number of hydrogen-bond donors (Lipinski definition) is 0. The first-order valence-corrected chi connectivity index (χ1v) is 7.29. The molecule has 2 aromatic heterocycles. The molecule has 106 valence electrons. The molecular formula is C13H16BrN5O. The Morgan fingerprint density at radius 2 is 2.25 bits per heavy atom. The fourth-order valence-electron chi connectivity index (χ4n) is 2.43. The third kappa shape index (κ3) is 2.55. The van der Waals surface area contributed by atoms with E-state index in [1.54, 1.807) is 0 Å². The highest BCUT2D eigenvalue weighted by molar-refractivity contribution is 9.10. The highest BCUT2D eigenvalue weighted by atomic mass is 79.9. The molecule has 6 nitrogen and oxygen atoms in total. The number of anilines is 1. The number of likely N-dealkylation sites (N-methyl/N-ethyl adjacent to an activating group) is 1. The van der Waals surface area contributed by atoms with Crippen LogP contribution in [0.5, 0.6) is 0 Å². The van der Waals surface area contributed by atoms with Crippen LogP contribution in [-0.4, -0.2) is 46.7 Å². The van der Waals surface area contributed by atoms with Crippen LogP contribution in [0.2, 0.25) is 0 Å². The van der Waals surface area contributed by atoms with E-state index >= 15 is 0 Å². The molecule has 7 heteroatoms. The molecule has 0 amide bonds. The molecule has 1 aliphatic heterocycles. The van der Waals surface area contributed by atoms with Gasteiger partial charge in [0.15, 0.2) is 5.82 Å². The van der Waals surface area contributed by atoms with Crippen LogP contribution in [0.4, 0.5) is 5.69 Å². The van der Waals surface area contributed by atoms with E-state index in [0.29, 0.717) is 11.7 Å². The maximum Gasteiger partial charge on any atom is 0.245 e. The van der Waals surface area contributed by atoms with Crippen LogP contribution < -0.4 is 4.90 Å². The Morgan fingerprint density at radius 3 is 2.95 bits per heavy atom. The van der Waals surface area contributed by atoms with Crippen molar-refractivity contribution in [2.45, 2.75) is 13.0 Å². The summed E-state index contributed by atoms with van der Waals surface area (Å²) >= 11 is 3.56. The van der Waals surface area contributed by atoms with E-state index < -0.39 is 0 Å². The fourth-order valence-corrected chi connectivity index (χ4v) is 2.93. The van der Waals surface area contributed by atoms with E-state index in [-0.39, 0.29) is 6.04 Å². The van der Waals surface area contributed by atoms with E-state index in [1.165, 1.54) is 0 Å². The molecule has 1 unspecified atom stereocenters. The average Bonchev–Trinajstić information content (AvgIpc) is 2.87. The lowest BCUT2D eigenvalue weighted by molar-refractivity contribution is 0.177. The summed E-state index contributed by atoms with van der Waals surface area (Å²) < 4.78 is 6.34. The molecule has 2 aromatic rings. The number of rotatable bonds is 2. The number of halogens is 1. The minimum absolute atomic E-state index is 0.116. The Labute approximate surface area is 125 Å². The molecule has 3 heterocycles. The van der Waals surface area contributed by atoms with Gasteiger partial charge in [0, 0.05) is 32.0 Å². The standard InChI is InChI=1S/C13H16BrN5O/c1-9-16-13(20-17-9)12-8-19(6-5-18(12)2)11-3-4-15-7-10(11)14/h3-4,7,12H,5-6,8H2,1-2H3. The summed E-state index contributed by atoms with van der Waals surface area (Å²) in [5, 5.41) is 3.89. The molecule has 20 heavy (non-hydrogen) atoms. The molecule has 1 fully saturated rings. The predicted molar refractivity (Wildman–Crippen MR) is 78.6 cm³/mol. The number of aryl methyl sites for hydroxylation is 1. The number of pyridine rings is 1. The molecule has 0 bridgehead atoms. The Hall–Kier alpha value is -1.47. The summed E-state index contributed by atoms with van der Waals surface area (Å²) in [6.07, 6.45) is 3.63. The summed E-state index contributed by atoms with van der Waals surface area (Å²) in [6.45, 7) is 4.57. The van der Waals surface area contributed by atoms with Gasteiger partial charge in [-0.15, -0.1) is 0 Å². The minimum atomic E-state index is 0.116. The van der Waals surface area contributed by atoms with Gasteiger partial charge in [-0.2, -0.15) is 4.98 Å². The smallest absolute Gasteiger partial charge is 0.245 e. The second-order valence-electron chi connectivity index (χ2n) is 4.95. The molecule has 1 aliphatic rings. The normalized spacial score (nSPS) is 20.4. The van der Waals surface area contributed by atoms with Gasteiger partial charge in [-0.25, -0.2) is 0 Å². The molecule has 0 aliphatic carbocycles. The molecule has 0 radical (unpaired) electrons. The van der Waals surface area contributed by atoms with Crippen molar-refractivity contribution in [2.75, 3.05) is 31.6 Å². The summed E-state index contributed by atoms with van der Waals surface area (Å²) in [7, 11) is 2.09. The van der Waals surface area contributed by atoms with Crippen molar-refractivity contribution in [1.29, 1.82) is 0 Å². The average molecular weight is 338 g/mol. The van der Waals surface area contributed by atoms with Crippen LogP contribution in [0.15, 0.2) is 27.5 Å². The summed E-state index contributed by atoms with van der Waals surface area (Å²) in [6, 6.07) is 2.14. The second kappa shape index (κ2) is 5.49. The first-order valence-electron chi connectivity index (χ1n) is 6.50. The highest BCUT2D eigenvalue weighted by Crippen LogP contribution is 2.30. The van der Waals surface area contributed by atoms with E-state index in [4.69, 9.17) is 4.52 Å². The number of piperazine rings is 1. The van der Waals surface area contributed by atoms with Gasteiger partial charge in [-0.1, -0.05) is 5.16 Å². The van der Waals surface area contributed by atoms with E-state index in [9.17, 15) is 0 Å². The fraction of sp³-hybridized carbons (Fsp3) is 0.462. The third-order valence-electron chi connectivity index (χ3n) is 3.57. The molecule has 0 N–H and O–H groups in total. The van der Waals surface area contributed by atoms with Crippen LogP contribution in [0.1, 0.15) is 17.8 Å². The molecule has 3 rings (SSSR count). The van der Waals surface area contributed by atoms with E-state index in [0.717, 1.165) is 29.8 Å². The molecule has 0 aromatic carbocycles. The van der Waals surface area contributed by atoms with Gasteiger partial charge in [0.1, 0.15) is 6.04 Å². The van der Waals surface area contributed by atoms with Gasteiger partial charge in [0.05, 0.1) is 10.2 Å². The molecule has 0 saturated carbocycles. The third-order valence-corrected chi connectivity index (χ3v) is 4.18. The summed E-state index contributed by atoms with van der Waals surface area (Å²) in [4.78, 5) is 13.0. The number of hydrogen-bond acceptors (Lipinski definition) is 6. The SMILES string of the molecule is Cc1noc(C2CN(c3ccncc3Br)CCN2C)n1. The first-order chi connectivity index (χ1) is 9.65. The maximum atomic E-state index is 5.34. The zero-order valence-electron chi connectivity index (χ0n) is 11.5. The van der Waals surface area contributed by atoms with Crippen molar-refractivity contribution in [3.63, 3.8) is 0 Å². The Morgan fingerprint density at radius 1 is 1.40 bits per heavy atom. The van der Waals surface area contributed by atoms with E-state index in [2.05, 4.69) is 47.9 Å². The van der Waals surface area contributed by atoms with Gasteiger partial charge in [-0.3, -0.25) is 9.88 Å². The lowest BCUT2D eigenvalue weighted by Gasteiger charge is -2.39. The predicted octanol–water partition coefficient (Wildman–Crippen LogP) is 2.03. The van der Waals surface area contributed by atoms with Gasteiger partial charge < -0.3 is 9.42 Å². The largest absolute Gasteiger partial charge is 0.367 e. The highest BCUT2D eigenvalue weighted by Gasteiger charge is 2.30. The van der Waals surface area contributed by atoms with Crippen LogP contribution in [0.3, 0.4) is 0 Å². The van der Waals surface area contributed by atoms with Crippen LogP contribution in [0.25, 0.3) is 0 Å². The lowest BCUT2D eigenvalue weighted by atomic mass is 10.1. The molecular weight excluding hydrogens is 322 g/mol. The second-order valence-corrected chi connectivity index (χ2v) is 5.80. The van der Waals surface area contributed by atoms with Crippen molar-refractivity contribution in [3.05, 3.63) is 34.6 Å². The topological polar surface area (TPSA) is 58.3 Å². The van der Waals surface area contributed by atoms with Crippen molar-refractivity contribution < 1.29 is 4.52 Å². The Kier molecular flexibility index (Phi) is 3.71. The Bertz CT molecular complexity index is 602. The summed E-state index contributed by atoms with van der Waals surface area (Å²) in [5.74, 6) is 1.36. The van der Waals surface area contributed by atoms with Crippen molar-refractivity contribution in [2.24, 2.45) is 0 Å². The monoisotopic (exact) mass is 337 g/mol. The summed E-state index contributed by atoms with van der Waals surface area (Å²) in [5.41, 5.74) is 1.15. The van der Waals surface area contributed by atoms with Crippen molar-refractivity contribution in [3.8, 4) is 0 Å². The Balaban J connectivity index is 1.85. The van der Waals surface area contributed by atoms with Crippen molar-refractivity contribution in [1.82, 2.24) is 20.0 Å². The minimum Gasteiger partial charge on any atom is -0.367 e. The lowest BCUT2D eigenvalue weighted by Crippen LogP contribution is -2.47.